The minimum absolute atomic E-state index is 0.0602. The van der Waals surface area contributed by atoms with Crippen molar-refractivity contribution in [1.29, 1.82) is 5.26 Å². The average molecular weight is 407 g/mol. The molecule has 2 amide bonds. The molecule has 0 aliphatic carbocycles. The molecule has 30 heavy (non-hydrogen) atoms. The molecule has 0 radical (unpaired) electrons. The van der Waals surface area contributed by atoms with Crippen LogP contribution in [0.4, 0.5) is 5.69 Å². The lowest BCUT2D eigenvalue weighted by Gasteiger charge is -2.27. The van der Waals surface area contributed by atoms with E-state index in [-0.39, 0.29) is 23.0 Å². The van der Waals surface area contributed by atoms with Crippen molar-refractivity contribution in [2.45, 2.75) is 26.3 Å². The molecule has 0 aromatic heterocycles. The number of anilines is 1. The van der Waals surface area contributed by atoms with Crippen LogP contribution in [0.15, 0.2) is 54.6 Å². The molecule has 2 aromatic rings. The van der Waals surface area contributed by atoms with Crippen molar-refractivity contribution in [2.24, 2.45) is 5.92 Å². The molecule has 1 atom stereocenters. The quantitative estimate of drug-likeness (QED) is 0.711. The van der Waals surface area contributed by atoms with Gasteiger partial charge < -0.3 is 15.0 Å². The van der Waals surface area contributed by atoms with E-state index in [1.54, 1.807) is 52.1 Å². The Morgan fingerprint density at radius 3 is 2.20 bits per heavy atom. The second-order valence-electron chi connectivity index (χ2n) is 7.34. The monoisotopic (exact) mass is 407 g/mol. The van der Waals surface area contributed by atoms with Crippen molar-refractivity contribution in [1.82, 2.24) is 5.32 Å². The lowest BCUT2D eigenvalue weighted by Crippen LogP contribution is -2.50. The van der Waals surface area contributed by atoms with Crippen molar-refractivity contribution in [2.75, 3.05) is 18.6 Å². The van der Waals surface area contributed by atoms with Crippen LogP contribution in [0, 0.1) is 17.2 Å². The molecule has 2 rings (SSSR count). The second kappa shape index (κ2) is 9.70. The lowest BCUT2D eigenvalue weighted by molar-refractivity contribution is -0.125. The Morgan fingerprint density at radius 1 is 1.07 bits per heavy atom. The molecule has 1 N–H and O–H groups in total. The fraction of sp³-hybridized carbons (Fsp3) is 0.304. The van der Waals surface area contributed by atoms with Crippen LogP contribution in [0.5, 0.6) is 0 Å². The Labute approximate surface area is 176 Å². The summed E-state index contributed by atoms with van der Waals surface area (Å²) in [6, 6.07) is 17.3. The van der Waals surface area contributed by atoms with Gasteiger partial charge in [0.05, 0.1) is 17.2 Å². The van der Waals surface area contributed by atoms with Gasteiger partial charge in [-0.3, -0.25) is 9.59 Å². The SMILES string of the molecule is CC(C)[C@@](C)(C#N)NC(=O)COC(=O)c1ccccc1C(=O)N(C)c1ccccc1. The standard InChI is InChI=1S/C23H25N3O4/c1-16(2)23(3,15-24)25-20(27)14-30-22(29)19-13-9-8-12-18(19)21(28)26(4)17-10-6-5-7-11-17/h5-13,16H,14H2,1-4H3,(H,25,27)/t23-/m1/s1. The van der Waals surface area contributed by atoms with Gasteiger partial charge in [-0.25, -0.2) is 4.79 Å². The fourth-order valence-electron chi connectivity index (χ4n) is 2.63. The van der Waals surface area contributed by atoms with Crippen molar-refractivity contribution in [3.05, 3.63) is 65.7 Å². The van der Waals surface area contributed by atoms with Crippen molar-refractivity contribution < 1.29 is 19.1 Å². The number of hydrogen-bond acceptors (Lipinski definition) is 5. The molecule has 0 heterocycles. The Hall–Kier alpha value is -3.66. The van der Waals surface area contributed by atoms with Crippen molar-refractivity contribution in [3.8, 4) is 6.07 Å². The van der Waals surface area contributed by atoms with Crippen molar-refractivity contribution in [3.63, 3.8) is 0 Å². The smallest absolute Gasteiger partial charge is 0.339 e. The molecule has 7 nitrogen and oxygen atoms in total. The number of benzene rings is 2. The molecular weight excluding hydrogens is 382 g/mol. The molecule has 7 heteroatoms. The molecule has 0 saturated carbocycles. The maximum absolute atomic E-state index is 12.9. The van der Waals surface area contributed by atoms with E-state index in [2.05, 4.69) is 11.4 Å². The minimum Gasteiger partial charge on any atom is -0.452 e. The number of hydrogen-bond donors (Lipinski definition) is 1. The maximum Gasteiger partial charge on any atom is 0.339 e. The summed E-state index contributed by atoms with van der Waals surface area (Å²) >= 11 is 0. The van der Waals surface area contributed by atoms with Crippen LogP contribution >= 0.6 is 0 Å². The third-order valence-corrected chi connectivity index (χ3v) is 4.95. The number of nitriles is 1. The van der Waals surface area contributed by atoms with Gasteiger partial charge in [-0.2, -0.15) is 5.26 Å². The van der Waals surface area contributed by atoms with Gasteiger partial charge in [-0.1, -0.05) is 44.2 Å². The molecule has 156 valence electrons. The van der Waals surface area contributed by atoms with Crippen LogP contribution in [0.1, 0.15) is 41.5 Å². The fourth-order valence-corrected chi connectivity index (χ4v) is 2.63. The Morgan fingerprint density at radius 2 is 1.63 bits per heavy atom. The third kappa shape index (κ3) is 5.23. The molecule has 2 aromatic carbocycles. The highest BCUT2D eigenvalue weighted by Gasteiger charge is 2.30. The van der Waals surface area contributed by atoms with Crippen LogP contribution in [0.2, 0.25) is 0 Å². The zero-order valence-electron chi connectivity index (χ0n) is 17.5. The summed E-state index contributed by atoms with van der Waals surface area (Å²) < 4.78 is 5.11. The number of amides is 2. The summed E-state index contributed by atoms with van der Waals surface area (Å²) in [5, 5.41) is 11.9. The van der Waals surface area contributed by atoms with Gasteiger partial charge in [-0.15, -0.1) is 0 Å². The molecule has 0 fully saturated rings. The van der Waals surface area contributed by atoms with Crippen LogP contribution in [-0.4, -0.2) is 37.0 Å². The molecule has 0 unspecified atom stereocenters. The number of carbonyl (C=O) groups excluding carboxylic acids is 3. The van der Waals surface area contributed by atoms with Gasteiger partial charge in [0.25, 0.3) is 11.8 Å². The van der Waals surface area contributed by atoms with E-state index in [1.807, 2.05) is 18.2 Å². The van der Waals surface area contributed by atoms with E-state index in [9.17, 15) is 19.6 Å². The molecule has 0 aliphatic rings. The second-order valence-corrected chi connectivity index (χ2v) is 7.34. The van der Waals surface area contributed by atoms with Crippen molar-refractivity contribution >= 4 is 23.5 Å². The number of para-hydroxylation sites is 1. The van der Waals surface area contributed by atoms with Crippen LogP contribution in [0.3, 0.4) is 0 Å². The number of nitrogens with one attached hydrogen (secondary N) is 1. The lowest BCUT2D eigenvalue weighted by atomic mass is 9.90. The number of carbonyl (C=O) groups is 3. The average Bonchev–Trinajstić information content (AvgIpc) is 2.76. The van der Waals surface area contributed by atoms with Gasteiger partial charge in [0.15, 0.2) is 6.61 Å². The predicted molar refractivity (Wildman–Crippen MR) is 113 cm³/mol. The van der Waals surface area contributed by atoms with Crippen LogP contribution < -0.4 is 10.2 Å². The Bertz CT molecular complexity index is 966. The normalized spacial score (nSPS) is 12.4. The molecular formula is C23H25N3O4. The van der Waals surface area contributed by atoms with E-state index in [0.29, 0.717) is 5.69 Å². The highest BCUT2D eigenvalue weighted by Crippen LogP contribution is 2.18. The van der Waals surface area contributed by atoms with E-state index in [0.717, 1.165) is 0 Å². The van der Waals surface area contributed by atoms with Crippen LogP contribution in [0.25, 0.3) is 0 Å². The van der Waals surface area contributed by atoms with E-state index in [4.69, 9.17) is 4.74 Å². The molecule has 0 spiro atoms. The minimum atomic E-state index is -1.07. The zero-order chi connectivity index (χ0) is 22.3. The summed E-state index contributed by atoms with van der Waals surface area (Å²) in [5.74, 6) is -1.89. The largest absolute Gasteiger partial charge is 0.452 e. The first-order chi connectivity index (χ1) is 14.2. The topological polar surface area (TPSA) is 99.5 Å². The van der Waals surface area contributed by atoms with Crippen LogP contribution in [-0.2, 0) is 9.53 Å². The number of rotatable bonds is 7. The first-order valence-electron chi connectivity index (χ1n) is 9.51. The van der Waals surface area contributed by atoms with E-state index >= 15 is 0 Å². The summed E-state index contributed by atoms with van der Waals surface area (Å²) in [6.07, 6.45) is 0. The van der Waals surface area contributed by atoms with Gasteiger partial charge in [0.1, 0.15) is 5.54 Å². The van der Waals surface area contributed by atoms with Gasteiger partial charge in [0.2, 0.25) is 0 Å². The summed E-state index contributed by atoms with van der Waals surface area (Å²) in [5.41, 5.74) is -0.173. The number of esters is 1. The number of nitrogens with zero attached hydrogens (tertiary/aromatic N) is 2. The van der Waals surface area contributed by atoms with E-state index < -0.39 is 24.0 Å². The summed E-state index contributed by atoms with van der Waals surface area (Å²) in [6.45, 7) is 4.66. The predicted octanol–water partition coefficient (Wildman–Crippen LogP) is 3.17. The summed E-state index contributed by atoms with van der Waals surface area (Å²) in [4.78, 5) is 39.1. The number of ether oxygens (including phenoxy) is 1. The Kier molecular flexibility index (Phi) is 7.32. The molecule has 0 bridgehead atoms. The maximum atomic E-state index is 12.9. The Balaban J connectivity index is 2.12. The third-order valence-electron chi connectivity index (χ3n) is 4.95. The molecule has 0 aliphatic heterocycles. The van der Waals surface area contributed by atoms with Gasteiger partial charge in [-0.05, 0) is 37.1 Å². The summed E-state index contributed by atoms with van der Waals surface area (Å²) in [7, 11) is 1.61. The van der Waals surface area contributed by atoms with E-state index in [1.165, 1.54) is 17.0 Å². The first-order valence-corrected chi connectivity index (χ1v) is 9.51. The first kappa shape index (κ1) is 22.6. The molecule has 0 saturated heterocycles. The highest BCUT2D eigenvalue weighted by atomic mass is 16.5. The van der Waals surface area contributed by atoms with Gasteiger partial charge >= 0.3 is 5.97 Å². The van der Waals surface area contributed by atoms with Gasteiger partial charge in [0, 0.05) is 12.7 Å². The highest BCUT2D eigenvalue weighted by molar-refractivity contribution is 6.12. The zero-order valence-corrected chi connectivity index (χ0v) is 17.5.